The third-order valence-corrected chi connectivity index (χ3v) is 4.70. The molecule has 0 aromatic heterocycles. The number of nitrogens with zero attached hydrogens (tertiary/aromatic N) is 2. The maximum absolute atomic E-state index is 11.5. The summed E-state index contributed by atoms with van der Waals surface area (Å²) in [6, 6.07) is 5.10. The zero-order valence-electron chi connectivity index (χ0n) is 11.2. The largest absolute Gasteiger partial charge is 0.396 e. The van der Waals surface area contributed by atoms with Gasteiger partial charge in [0, 0.05) is 26.2 Å². The number of para-hydroxylation sites is 1. The number of nitrogens with two attached hydrogens (primary N) is 2. The van der Waals surface area contributed by atoms with Crippen LogP contribution >= 0.6 is 0 Å². The number of sulfonamides is 1. The van der Waals surface area contributed by atoms with Crippen LogP contribution in [0.5, 0.6) is 0 Å². The Hall–Kier alpha value is -1.80. The van der Waals surface area contributed by atoms with Crippen molar-refractivity contribution in [2.45, 2.75) is 0 Å². The van der Waals surface area contributed by atoms with Crippen LogP contribution in [0.2, 0.25) is 0 Å². The first-order chi connectivity index (χ1) is 9.30. The first-order valence-electron chi connectivity index (χ1n) is 6.19. The van der Waals surface area contributed by atoms with Gasteiger partial charge >= 0.3 is 0 Å². The second-order valence-electron chi connectivity index (χ2n) is 4.75. The maximum atomic E-state index is 11.5. The van der Waals surface area contributed by atoms with E-state index < -0.39 is 15.9 Å². The summed E-state index contributed by atoms with van der Waals surface area (Å²) >= 11 is 0. The summed E-state index contributed by atoms with van der Waals surface area (Å²) in [6.07, 6.45) is 1.20. The summed E-state index contributed by atoms with van der Waals surface area (Å²) in [5.41, 5.74) is 12.6. The van der Waals surface area contributed by atoms with E-state index in [1.54, 1.807) is 18.2 Å². The van der Waals surface area contributed by atoms with Crippen LogP contribution in [0.15, 0.2) is 18.2 Å². The fourth-order valence-corrected chi connectivity index (χ4v) is 3.13. The first-order valence-corrected chi connectivity index (χ1v) is 8.04. The molecular formula is C12H18N4O3S. The van der Waals surface area contributed by atoms with Crippen molar-refractivity contribution < 1.29 is 13.2 Å². The molecule has 0 radical (unpaired) electrons. The van der Waals surface area contributed by atoms with Gasteiger partial charge in [-0.3, -0.25) is 4.79 Å². The number of amides is 1. The van der Waals surface area contributed by atoms with E-state index in [-0.39, 0.29) is 5.56 Å². The molecule has 0 aliphatic carbocycles. The van der Waals surface area contributed by atoms with E-state index in [1.807, 2.05) is 4.90 Å². The van der Waals surface area contributed by atoms with Crippen molar-refractivity contribution in [1.29, 1.82) is 0 Å². The Morgan fingerprint density at radius 3 is 2.30 bits per heavy atom. The standard InChI is InChI=1S/C12H18N4O3S/c1-20(18,19)16-7-5-15(6-8-16)10-4-2-3-9(11(10)13)12(14)17/h2-4H,5-8,13H2,1H3,(H2,14,17). The van der Waals surface area contributed by atoms with Gasteiger partial charge in [-0.2, -0.15) is 4.31 Å². The van der Waals surface area contributed by atoms with Gasteiger partial charge in [0.15, 0.2) is 0 Å². The molecule has 4 N–H and O–H groups in total. The van der Waals surface area contributed by atoms with Gasteiger partial charge < -0.3 is 16.4 Å². The molecule has 0 unspecified atom stereocenters. The fourth-order valence-electron chi connectivity index (χ4n) is 2.30. The minimum Gasteiger partial charge on any atom is -0.396 e. The average Bonchev–Trinajstić information content (AvgIpc) is 2.38. The van der Waals surface area contributed by atoms with Gasteiger partial charge in [0.25, 0.3) is 5.91 Å². The van der Waals surface area contributed by atoms with Gasteiger partial charge in [-0.25, -0.2) is 8.42 Å². The summed E-state index contributed by atoms with van der Waals surface area (Å²) in [7, 11) is -3.16. The normalized spacial score (nSPS) is 17.1. The SMILES string of the molecule is CS(=O)(=O)N1CCN(c2cccc(C(N)=O)c2N)CC1. The van der Waals surface area contributed by atoms with Crippen LogP contribution in [-0.4, -0.2) is 51.1 Å². The highest BCUT2D eigenvalue weighted by atomic mass is 32.2. The Morgan fingerprint density at radius 1 is 1.20 bits per heavy atom. The summed E-state index contributed by atoms with van der Waals surface area (Å²) in [5.74, 6) is -0.570. The molecule has 1 aliphatic rings. The Kier molecular flexibility index (Phi) is 3.87. The van der Waals surface area contributed by atoms with Crippen LogP contribution in [-0.2, 0) is 10.0 Å². The smallest absolute Gasteiger partial charge is 0.250 e. The van der Waals surface area contributed by atoms with Crippen LogP contribution in [0.1, 0.15) is 10.4 Å². The number of piperazine rings is 1. The average molecular weight is 298 g/mol. The molecule has 0 bridgehead atoms. The molecule has 8 heteroatoms. The molecule has 0 saturated carbocycles. The quantitative estimate of drug-likeness (QED) is 0.728. The maximum Gasteiger partial charge on any atom is 0.250 e. The fraction of sp³-hybridized carbons (Fsp3) is 0.417. The van der Waals surface area contributed by atoms with Crippen LogP contribution in [0.25, 0.3) is 0 Å². The van der Waals surface area contributed by atoms with E-state index in [2.05, 4.69) is 0 Å². The van der Waals surface area contributed by atoms with Crippen molar-refractivity contribution in [1.82, 2.24) is 4.31 Å². The second kappa shape index (κ2) is 5.29. The monoisotopic (exact) mass is 298 g/mol. The first kappa shape index (κ1) is 14.6. The lowest BCUT2D eigenvalue weighted by atomic mass is 10.1. The number of hydrogen-bond acceptors (Lipinski definition) is 5. The van der Waals surface area contributed by atoms with Gasteiger partial charge in [0.2, 0.25) is 10.0 Å². The molecule has 1 amide bonds. The van der Waals surface area contributed by atoms with E-state index in [4.69, 9.17) is 11.5 Å². The van der Waals surface area contributed by atoms with Crippen LogP contribution in [0.4, 0.5) is 11.4 Å². The van der Waals surface area contributed by atoms with E-state index in [9.17, 15) is 13.2 Å². The molecule has 1 aromatic rings. The molecular weight excluding hydrogens is 280 g/mol. The van der Waals surface area contributed by atoms with Gasteiger partial charge in [0.1, 0.15) is 0 Å². The van der Waals surface area contributed by atoms with Crippen molar-refractivity contribution in [2.75, 3.05) is 43.1 Å². The third-order valence-electron chi connectivity index (χ3n) is 3.40. The number of primary amides is 1. The lowest BCUT2D eigenvalue weighted by Gasteiger charge is -2.35. The molecule has 1 aromatic carbocycles. The summed E-state index contributed by atoms with van der Waals surface area (Å²) in [4.78, 5) is 13.2. The lowest BCUT2D eigenvalue weighted by Crippen LogP contribution is -2.48. The molecule has 1 fully saturated rings. The number of carbonyl (C=O) groups is 1. The van der Waals surface area contributed by atoms with Crippen molar-refractivity contribution in [3.8, 4) is 0 Å². The summed E-state index contributed by atoms with van der Waals surface area (Å²) in [5, 5.41) is 0. The van der Waals surface area contributed by atoms with Crippen LogP contribution in [0, 0.1) is 0 Å². The van der Waals surface area contributed by atoms with Crippen LogP contribution < -0.4 is 16.4 Å². The molecule has 1 heterocycles. The predicted octanol–water partition coefficient (Wildman–Crippen LogP) is -0.551. The molecule has 0 spiro atoms. The van der Waals surface area contributed by atoms with Crippen molar-refractivity contribution in [2.24, 2.45) is 5.73 Å². The molecule has 0 atom stereocenters. The highest BCUT2D eigenvalue weighted by Gasteiger charge is 2.25. The van der Waals surface area contributed by atoms with Crippen molar-refractivity contribution >= 4 is 27.3 Å². The number of benzene rings is 1. The second-order valence-corrected chi connectivity index (χ2v) is 6.73. The zero-order valence-corrected chi connectivity index (χ0v) is 12.1. The lowest BCUT2D eigenvalue weighted by molar-refractivity contribution is 0.100. The van der Waals surface area contributed by atoms with Crippen LogP contribution in [0.3, 0.4) is 0 Å². The van der Waals surface area contributed by atoms with Gasteiger partial charge in [-0.1, -0.05) is 6.07 Å². The van der Waals surface area contributed by atoms with E-state index in [1.165, 1.54) is 10.6 Å². The molecule has 2 rings (SSSR count). The minimum atomic E-state index is -3.16. The topological polar surface area (TPSA) is 110 Å². The van der Waals surface area contributed by atoms with E-state index >= 15 is 0 Å². The highest BCUT2D eigenvalue weighted by Crippen LogP contribution is 2.27. The van der Waals surface area contributed by atoms with Gasteiger partial charge in [-0.05, 0) is 12.1 Å². The van der Waals surface area contributed by atoms with Gasteiger partial charge in [-0.15, -0.1) is 0 Å². The zero-order chi connectivity index (χ0) is 14.9. The summed E-state index contributed by atoms with van der Waals surface area (Å²) in [6.45, 7) is 1.86. The Morgan fingerprint density at radius 2 is 1.80 bits per heavy atom. The Bertz CT molecular complexity index is 622. The van der Waals surface area contributed by atoms with E-state index in [0.29, 0.717) is 31.9 Å². The molecule has 1 saturated heterocycles. The molecule has 1 aliphatic heterocycles. The number of anilines is 2. The Labute approximate surface area is 118 Å². The Balaban J connectivity index is 2.19. The van der Waals surface area contributed by atoms with Gasteiger partial charge in [0.05, 0.1) is 23.2 Å². The van der Waals surface area contributed by atoms with Crippen molar-refractivity contribution in [3.63, 3.8) is 0 Å². The predicted molar refractivity (Wildman–Crippen MR) is 78.0 cm³/mol. The third kappa shape index (κ3) is 2.86. The number of hydrogen-bond donors (Lipinski definition) is 2. The number of carbonyl (C=O) groups excluding carboxylic acids is 1. The molecule has 110 valence electrons. The number of rotatable bonds is 3. The van der Waals surface area contributed by atoms with E-state index in [0.717, 1.165) is 5.69 Å². The number of nitrogen functional groups attached to an aromatic ring is 1. The highest BCUT2D eigenvalue weighted by molar-refractivity contribution is 7.88. The molecule has 20 heavy (non-hydrogen) atoms. The van der Waals surface area contributed by atoms with Crippen molar-refractivity contribution in [3.05, 3.63) is 23.8 Å². The minimum absolute atomic E-state index is 0.285. The summed E-state index contributed by atoms with van der Waals surface area (Å²) < 4.78 is 24.4. The molecule has 7 nitrogen and oxygen atoms in total.